The summed E-state index contributed by atoms with van der Waals surface area (Å²) in [5.74, 6) is -0.890. The number of rotatable bonds is 53. The van der Waals surface area contributed by atoms with Gasteiger partial charge in [-0.05, 0) is 96.3 Å². The summed E-state index contributed by atoms with van der Waals surface area (Å²) in [5.41, 5.74) is 0. The van der Waals surface area contributed by atoms with E-state index in [1.165, 1.54) is 135 Å². The van der Waals surface area contributed by atoms with Crippen molar-refractivity contribution in [3.05, 3.63) is 85.1 Å². The average molecular weight is 976 g/mol. The number of carbonyl (C=O) groups is 3. The number of hydrogen-bond acceptors (Lipinski definition) is 6. The number of carbonyl (C=O) groups excluding carboxylic acids is 3. The fraction of sp³-hybridized carbons (Fsp3) is 0.734. The summed E-state index contributed by atoms with van der Waals surface area (Å²) in [6.45, 7) is 6.50. The molecule has 0 aliphatic carbocycles. The molecule has 6 nitrogen and oxygen atoms in total. The van der Waals surface area contributed by atoms with Crippen molar-refractivity contribution in [3.63, 3.8) is 0 Å². The number of esters is 3. The molecule has 0 heterocycles. The highest BCUT2D eigenvalue weighted by atomic mass is 16.6. The Hall–Kier alpha value is -3.41. The van der Waals surface area contributed by atoms with Crippen LogP contribution in [0, 0.1) is 0 Å². The minimum atomic E-state index is -0.781. The van der Waals surface area contributed by atoms with Crippen molar-refractivity contribution in [2.24, 2.45) is 0 Å². The van der Waals surface area contributed by atoms with Crippen LogP contribution in [0.5, 0.6) is 0 Å². The van der Waals surface area contributed by atoms with E-state index >= 15 is 0 Å². The molecule has 0 rings (SSSR count). The van der Waals surface area contributed by atoms with Crippen molar-refractivity contribution in [2.75, 3.05) is 13.2 Å². The van der Waals surface area contributed by atoms with Gasteiger partial charge < -0.3 is 14.2 Å². The minimum Gasteiger partial charge on any atom is -0.462 e. The summed E-state index contributed by atoms with van der Waals surface area (Å²) in [5, 5.41) is 0. The molecule has 402 valence electrons. The first-order valence-corrected chi connectivity index (χ1v) is 29.6. The van der Waals surface area contributed by atoms with Gasteiger partial charge in [0, 0.05) is 19.3 Å². The van der Waals surface area contributed by atoms with Gasteiger partial charge in [0.05, 0.1) is 0 Å². The van der Waals surface area contributed by atoms with Gasteiger partial charge in [-0.3, -0.25) is 14.4 Å². The zero-order valence-electron chi connectivity index (χ0n) is 46.0. The highest BCUT2D eigenvalue weighted by Crippen LogP contribution is 2.16. The predicted molar refractivity (Wildman–Crippen MR) is 302 cm³/mol. The van der Waals surface area contributed by atoms with Crippen molar-refractivity contribution in [3.8, 4) is 0 Å². The minimum absolute atomic E-state index is 0.0809. The lowest BCUT2D eigenvalue weighted by atomic mass is 10.0. The number of allylic oxidation sites excluding steroid dienone is 14. The molecule has 0 aliphatic heterocycles. The first kappa shape index (κ1) is 66.6. The van der Waals surface area contributed by atoms with Crippen molar-refractivity contribution in [1.29, 1.82) is 0 Å². The molecule has 70 heavy (non-hydrogen) atoms. The van der Waals surface area contributed by atoms with Gasteiger partial charge in [-0.25, -0.2) is 0 Å². The molecule has 0 aliphatic rings. The maximum absolute atomic E-state index is 12.8. The van der Waals surface area contributed by atoms with Gasteiger partial charge in [-0.15, -0.1) is 0 Å². The average Bonchev–Trinajstić information content (AvgIpc) is 3.36. The molecule has 6 heteroatoms. The Morgan fingerprint density at radius 2 is 0.557 bits per heavy atom. The molecule has 0 bridgehead atoms. The zero-order chi connectivity index (χ0) is 50.7. The summed E-state index contributed by atoms with van der Waals surface area (Å²) in [4.78, 5) is 38.1. The van der Waals surface area contributed by atoms with Crippen LogP contribution in [0.15, 0.2) is 85.1 Å². The molecule has 1 unspecified atom stereocenters. The van der Waals surface area contributed by atoms with E-state index in [2.05, 4.69) is 106 Å². The molecule has 0 radical (unpaired) electrons. The molecule has 1 atom stereocenters. The fourth-order valence-electron chi connectivity index (χ4n) is 8.21. The maximum Gasteiger partial charge on any atom is 0.306 e. The standard InChI is InChI=1S/C64H110O6/c1-4-7-10-13-16-19-22-25-26-27-28-29-30-31-32-33-34-35-36-37-38-40-42-45-48-51-54-57-63(66)69-60-61(59-68-62(65)56-53-50-47-44-41-24-21-18-15-12-9-6-3)70-64(67)58-55-52-49-46-43-39-23-20-17-14-11-8-5-2/h7,10,16,18-19,21,25-26,28-29,31-32,34-35,61H,4-6,8-9,11-15,17,20,22-24,27,30,33,36-60H2,1-3H3/b10-7-,19-16-,21-18-,26-25-,29-28-,32-31-,35-34-. The Bertz CT molecular complexity index is 1350. The lowest BCUT2D eigenvalue weighted by Gasteiger charge is -2.18. The van der Waals surface area contributed by atoms with Crippen LogP contribution < -0.4 is 0 Å². The normalized spacial score (nSPS) is 12.7. The molecule has 0 saturated carbocycles. The molecule has 0 spiro atoms. The Morgan fingerprint density at radius 1 is 0.300 bits per heavy atom. The molecule has 0 aromatic heterocycles. The van der Waals surface area contributed by atoms with E-state index < -0.39 is 6.10 Å². The maximum atomic E-state index is 12.8. The smallest absolute Gasteiger partial charge is 0.306 e. The predicted octanol–water partition coefficient (Wildman–Crippen LogP) is 19.9. The number of ether oxygens (including phenoxy) is 3. The largest absolute Gasteiger partial charge is 0.462 e. The van der Waals surface area contributed by atoms with Crippen LogP contribution in [0.2, 0.25) is 0 Å². The second-order valence-electron chi connectivity index (χ2n) is 19.5. The molecule has 0 aromatic rings. The Kier molecular flexibility index (Phi) is 55.3. The second kappa shape index (κ2) is 58.2. The van der Waals surface area contributed by atoms with Gasteiger partial charge in [0.2, 0.25) is 0 Å². The highest BCUT2D eigenvalue weighted by molar-refractivity contribution is 5.71. The van der Waals surface area contributed by atoms with Crippen molar-refractivity contribution < 1.29 is 28.6 Å². The quantitative estimate of drug-likeness (QED) is 0.0261. The summed E-state index contributed by atoms with van der Waals surface area (Å²) in [7, 11) is 0. The third-order valence-corrected chi connectivity index (χ3v) is 12.6. The lowest BCUT2D eigenvalue weighted by molar-refractivity contribution is -0.167. The van der Waals surface area contributed by atoms with Gasteiger partial charge in [0.1, 0.15) is 13.2 Å². The fourth-order valence-corrected chi connectivity index (χ4v) is 8.21. The first-order chi connectivity index (χ1) is 34.5. The molecule has 0 fully saturated rings. The van der Waals surface area contributed by atoms with Crippen LogP contribution in [-0.2, 0) is 28.6 Å². The van der Waals surface area contributed by atoms with Crippen LogP contribution in [0.3, 0.4) is 0 Å². The van der Waals surface area contributed by atoms with Crippen LogP contribution in [0.1, 0.15) is 284 Å². The van der Waals surface area contributed by atoms with E-state index in [4.69, 9.17) is 14.2 Å². The molecule has 0 amide bonds. The van der Waals surface area contributed by atoms with Gasteiger partial charge in [0.15, 0.2) is 6.10 Å². The summed E-state index contributed by atoms with van der Waals surface area (Å²) in [6, 6.07) is 0. The van der Waals surface area contributed by atoms with Crippen LogP contribution in [0.25, 0.3) is 0 Å². The second-order valence-corrected chi connectivity index (χ2v) is 19.5. The Balaban J connectivity index is 4.27. The van der Waals surface area contributed by atoms with E-state index in [9.17, 15) is 14.4 Å². The lowest BCUT2D eigenvalue weighted by Crippen LogP contribution is -2.30. The highest BCUT2D eigenvalue weighted by Gasteiger charge is 2.19. The number of hydrogen-bond donors (Lipinski definition) is 0. The van der Waals surface area contributed by atoms with Crippen molar-refractivity contribution in [1.82, 2.24) is 0 Å². The molecular formula is C64H110O6. The topological polar surface area (TPSA) is 78.9 Å². The van der Waals surface area contributed by atoms with Crippen LogP contribution in [0.4, 0.5) is 0 Å². The number of unbranched alkanes of at least 4 members (excludes halogenated alkanes) is 28. The van der Waals surface area contributed by atoms with Crippen LogP contribution in [-0.4, -0.2) is 37.2 Å². The molecule has 0 saturated heterocycles. The van der Waals surface area contributed by atoms with Gasteiger partial charge in [0.25, 0.3) is 0 Å². The van der Waals surface area contributed by atoms with E-state index in [1.807, 2.05) is 0 Å². The van der Waals surface area contributed by atoms with E-state index in [1.54, 1.807) is 0 Å². The SMILES string of the molecule is CC/C=C\C/C=C\C/C=C\C/C=C\C/C=C\C/C=C\CCCCCCCCCCC(=O)OCC(COC(=O)CCCCCCC/C=C\CCCCC)OC(=O)CCCCCCCCCCCCCCC. The third-order valence-electron chi connectivity index (χ3n) is 12.6. The van der Waals surface area contributed by atoms with E-state index in [0.717, 1.165) is 109 Å². The summed E-state index contributed by atoms with van der Waals surface area (Å²) >= 11 is 0. The summed E-state index contributed by atoms with van der Waals surface area (Å²) in [6.07, 6.45) is 75.8. The first-order valence-electron chi connectivity index (χ1n) is 29.6. The zero-order valence-corrected chi connectivity index (χ0v) is 46.0. The van der Waals surface area contributed by atoms with Gasteiger partial charge >= 0.3 is 17.9 Å². The molecule has 0 aromatic carbocycles. The molecule has 0 N–H and O–H groups in total. The summed E-state index contributed by atoms with van der Waals surface area (Å²) < 4.78 is 16.8. The van der Waals surface area contributed by atoms with Crippen LogP contribution >= 0.6 is 0 Å². The van der Waals surface area contributed by atoms with Crippen molar-refractivity contribution in [2.45, 2.75) is 290 Å². The molecular weight excluding hydrogens is 865 g/mol. The Morgan fingerprint density at radius 3 is 0.914 bits per heavy atom. The van der Waals surface area contributed by atoms with E-state index in [-0.39, 0.29) is 31.1 Å². The monoisotopic (exact) mass is 975 g/mol. The van der Waals surface area contributed by atoms with E-state index in [0.29, 0.717) is 19.3 Å². The van der Waals surface area contributed by atoms with Gasteiger partial charge in [-0.1, -0.05) is 254 Å². The van der Waals surface area contributed by atoms with Crippen molar-refractivity contribution >= 4 is 17.9 Å². The Labute approximate surface area is 433 Å². The third kappa shape index (κ3) is 55.5. The van der Waals surface area contributed by atoms with Gasteiger partial charge in [-0.2, -0.15) is 0 Å².